The molecule has 0 atom stereocenters. The van der Waals surface area contributed by atoms with Crippen LogP contribution in [0.4, 0.5) is 0 Å². The zero-order valence-electron chi connectivity index (χ0n) is 15.6. The van der Waals surface area contributed by atoms with Crippen LogP contribution in [-0.4, -0.2) is 24.7 Å². The van der Waals surface area contributed by atoms with Gasteiger partial charge in [-0.2, -0.15) is 5.26 Å². The Balaban J connectivity index is 1.48. The van der Waals surface area contributed by atoms with E-state index in [2.05, 4.69) is 34.6 Å². The number of aromatic amines is 1. The highest BCUT2D eigenvalue weighted by Gasteiger charge is 2.15. The predicted molar refractivity (Wildman–Crippen MR) is 108 cm³/mol. The largest absolute Gasteiger partial charge is 0.492 e. The lowest BCUT2D eigenvalue weighted by molar-refractivity contribution is 0.310. The first-order chi connectivity index (χ1) is 13.4. The molecule has 0 fully saturated rings. The molecule has 4 heteroatoms. The summed E-state index contributed by atoms with van der Waals surface area (Å²) in [5.41, 5.74) is 6.15. The van der Waals surface area contributed by atoms with Gasteiger partial charge in [0.1, 0.15) is 11.8 Å². The summed E-state index contributed by atoms with van der Waals surface area (Å²) >= 11 is 0. The second kappa shape index (κ2) is 8.28. The normalized spacial score (nSPS) is 14.2. The second-order valence-corrected chi connectivity index (χ2v) is 7.09. The smallest absolute Gasteiger partial charge is 0.137 e. The van der Waals surface area contributed by atoms with E-state index in [0.29, 0.717) is 17.9 Å². The number of H-pyrrole nitrogens is 1. The summed E-state index contributed by atoms with van der Waals surface area (Å²) in [4.78, 5) is 3.66. The van der Waals surface area contributed by atoms with Crippen LogP contribution in [0.1, 0.15) is 35.2 Å². The molecule has 27 heavy (non-hydrogen) atoms. The number of fused-ring (bicyclic) bond motifs is 3. The Morgan fingerprint density at radius 3 is 2.89 bits per heavy atom. The number of aryl methyl sites for hydroxylation is 2. The van der Waals surface area contributed by atoms with Gasteiger partial charge in [0.25, 0.3) is 0 Å². The SMILES string of the molecule is N#Cc1ccccc1OCCCc1cccc2[nH]c3c(c12)CCNCCC3. The Bertz CT molecular complexity index is 967. The maximum absolute atomic E-state index is 9.16. The minimum absolute atomic E-state index is 0.596. The summed E-state index contributed by atoms with van der Waals surface area (Å²) in [7, 11) is 0. The number of nitrogens with one attached hydrogen (secondary N) is 2. The first-order valence-corrected chi connectivity index (χ1v) is 9.81. The number of rotatable bonds is 5. The van der Waals surface area contributed by atoms with Gasteiger partial charge in [0.05, 0.1) is 12.2 Å². The maximum atomic E-state index is 9.16. The number of hydrogen-bond donors (Lipinski definition) is 2. The van der Waals surface area contributed by atoms with Crippen LogP contribution in [0.5, 0.6) is 5.75 Å². The lowest BCUT2D eigenvalue weighted by Gasteiger charge is -2.12. The zero-order valence-corrected chi connectivity index (χ0v) is 15.6. The first kappa shape index (κ1) is 17.6. The van der Waals surface area contributed by atoms with Crippen LogP contribution in [0.2, 0.25) is 0 Å². The van der Waals surface area contributed by atoms with E-state index in [1.165, 1.54) is 34.1 Å². The van der Waals surface area contributed by atoms with Gasteiger partial charge in [0.2, 0.25) is 0 Å². The van der Waals surface area contributed by atoms with E-state index in [4.69, 9.17) is 10.00 Å². The average molecular weight is 359 g/mol. The van der Waals surface area contributed by atoms with Gasteiger partial charge in [0.15, 0.2) is 0 Å². The van der Waals surface area contributed by atoms with E-state index in [0.717, 1.165) is 38.8 Å². The molecule has 1 aromatic heterocycles. The number of hydrogen-bond acceptors (Lipinski definition) is 3. The van der Waals surface area contributed by atoms with Crippen LogP contribution in [0.3, 0.4) is 0 Å². The highest BCUT2D eigenvalue weighted by molar-refractivity contribution is 5.88. The van der Waals surface area contributed by atoms with E-state index in [1.807, 2.05) is 18.2 Å². The summed E-state index contributed by atoms with van der Waals surface area (Å²) in [6, 6.07) is 16.2. The molecule has 4 nitrogen and oxygen atoms in total. The molecule has 2 aromatic carbocycles. The third-order valence-electron chi connectivity index (χ3n) is 5.29. The second-order valence-electron chi connectivity index (χ2n) is 7.09. The van der Waals surface area contributed by atoms with Crippen molar-refractivity contribution in [1.29, 1.82) is 5.26 Å². The summed E-state index contributed by atoms with van der Waals surface area (Å²) < 4.78 is 5.85. The van der Waals surface area contributed by atoms with E-state index in [1.54, 1.807) is 6.07 Å². The Labute approximate surface area is 160 Å². The third kappa shape index (κ3) is 3.84. The molecule has 2 N–H and O–H groups in total. The number of aromatic nitrogens is 1. The zero-order chi connectivity index (χ0) is 18.5. The number of ether oxygens (including phenoxy) is 1. The monoisotopic (exact) mass is 359 g/mol. The molecule has 138 valence electrons. The first-order valence-electron chi connectivity index (χ1n) is 9.81. The van der Waals surface area contributed by atoms with E-state index in [9.17, 15) is 0 Å². The fourth-order valence-corrected chi connectivity index (χ4v) is 4.01. The molecule has 0 spiro atoms. The Kier molecular flexibility index (Phi) is 5.41. The standard InChI is InChI=1S/C23H25N3O/c24-16-18-6-1-2-11-22(18)27-15-5-8-17-7-3-9-21-23(17)19-12-14-25-13-4-10-20(19)26-21/h1-3,6-7,9,11,25-26H,4-5,8,10,12-15H2. The van der Waals surface area contributed by atoms with Gasteiger partial charge < -0.3 is 15.0 Å². The Hall–Kier alpha value is -2.77. The van der Waals surface area contributed by atoms with Gasteiger partial charge in [0, 0.05) is 16.6 Å². The van der Waals surface area contributed by atoms with Crippen LogP contribution in [0.25, 0.3) is 10.9 Å². The molecule has 1 aliphatic rings. The van der Waals surface area contributed by atoms with Crippen molar-refractivity contribution >= 4 is 10.9 Å². The molecule has 0 bridgehead atoms. The maximum Gasteiger partial charge on any atom is 0.137 e. The fraction of sp³-hybridized carbons (Fsp3) is 0.348. The van der Waals surface area contributed by atoms with Crippen molar-refractivity contribution in [1.82, 2.24) is 10.3 Å². The predicted octanol–water partition coefficient (Wildman–Crippen LogP) is 4.13. The van der Waals surface area contributed by atoms with Crippen molar-refractivity contribution in [3.63, 3.8) is 0 Å². The van der Waals surface area contributed by atoms with Gasteiger partial charge in [-0.1, -0.05) is 24.3 Å². The molecule has 0 saturated heterocycles. The summed E-state index contributed by atoms with van der Waals surface area (Å²) in [6.07, 6.45) is 5.28. The average Bonchev–Trinajstić information content (AvgIpc) is 3.02. The summed E-state index contributed by atoms with van der Waals surface area (Å²) in [6.45, 7) is 2.76. The Morgan fingerprint density at radius 2 is 1.96 bits per heavy atom. The van der Waals surface area contributed by atoms with Gasteiger partial charge in [-0.15, -0.1) is 0 Å². The lowest BCUT2D eigenvalue weighted by atomic mass is 9.97. The van der Waals surface area contributed by atoms with Crippen LogP contribution in [0.15, 0.2) is 42.5 Å². The molecule has 0 aliphatic carbocycles. The van der Waals surface area contributed by atoms with E-state index in [-0.39, 0.29) is 0 Å². The molecule has 0 radical (unpaired) electrons. The number of nitrogens with zero attached hydrogens (tertiary/aromatic N) is 1. The van der Waals surface area contributed by atoms with Crippen LogP contribution in [0, 0.1) is 11.3 Å². The van der Waals surface area contributed by atoms with Gasteiger partial charge >= 0.3 is 0 Å². The number of nitriles is 1. The summed E-state index contributed by atoms with van der Waals surface area (Å²) in [5.74, 6) is 0.677. The molecular formula is C23H25N3O. The molecule has 1 aliphatic heterocycles. The minimum atomic E-state index is 0.596. The van der Waals surface area contributed by atoms with Crippen molar-refractivity contribution in [3.05, 3.63) is 64.8 Å². The molecule has 0 saturated carbocycles. The lowest BCUT2D eigenvalue weighted by Crippen LogP contribution is -2.21. The van der Waals surface area contributed by atoms with Crippen LogP contribution < -0.4 is 10.1 Å². The molecule has 2 heterocycles. The fourth-order valence-electron chi connectivity index (χ4n) is 4.01. The third-order valence-corrected chi connectivity index (χ3v) is 5.29. The van der Waals surface area contributed by atoms with Crippen LogP contribution in [-0.2, 0) is 19.3 Å². The summed E-state index contributed by atoms with van der Waals surface area (Å²) in [5, 5.41) is 14.1. The van der Waals surface area contributed by atoms with Gasteiger partial charge in [-0.05, 0) is 74.5 Å². The molecule has 0 unspecified atom stereocenters. The molecular weight excluding hydrogens is 334 g/mol. The molecule has 4 rings (SSSR count). The van der Waals surface area contributed by atoms with E-state index < -0.39 is 0 Å². The van der Waals surface area contributed by atoms with Crippen molar-refractivity contribution in [2.24, 2.45) is 0 Å². The highest BCUT2D eigenvalue weighted by Crippen LogP contribution is 2.29. The quantitative estimate of drug-likeness (QED) is 0.674. The highest BCUT2D eigenvalue weighted by atomic mass is 16.5. The van der Waals surface area contributed by atoms with Crippen molar-refractivity contribution < 1.29 is 4.74 Å². The van der Waals surface area contributed by atoms with Crippen molar-refractivity contribution in [2.45, 2.75) is 32.1 Å². The van der Waals surface area contributed by atoms with Crippen molar-refractivity contribution in [3.8, 4) is 11.8 Å². The van der Waals surface area contributed by atoms with Crippen molar-refractivity contribution in [2.75, 3.05) is 19.7 Å². The number of para-hydroxylation sites is 1. The molecule has 0 amide bonds. The van der Waals surface area contributed by atoms with E-state index >= 15 is 0 Å². The number of benzene rings is 2. The molecule has 3 aromatic rings. The van der Waals surface area contributed by atoms with Crippen LogP contribution >= 0.6 is 0 Å². The van der Waals surface area contributed by atoms with Gasteiger partial charge in [-0.3, -0.25) is 0 Å². The minimum Gasteiger partial charge on any atom is -0.492 e. The Morgan fingerprint density at radius 1 is 1.04 bits per heavy atom. The topological polar surface area (TPSA) is 60.8 Å². The van der Waals surface area contributed by atoms with Gasteiger partial charge in [-0.25, -0.2) is 0 Å².